The van der Waals surface area contributed by atoms with Crippen molar-refractivity contribution < 1.29 is 14.3 Å². The summed E-state index contributed by atoms with van der Waals surface area (Å²) in [6.07, 6.45) is 4.73. The summed E-state index contributed by atoms with van der Waals surface area (Å²) in [6.45, 7) is 0.454. The van der Waals surface area contributed by atoms with E-state index in [2.05, 4.69) is 10.4 Å². The van der Waals surface area contributed by atoms with E-state index in [1.54, 1.807) is 43.3 Å². The standard InChI is InChI=1S/C21H20ClN3O3/c1-27-18-9-5-7-15(21(18)28-2)10-11-20(26)24-19-12-13-23-25(19)14-16-6-3-4-8-17(16)22/h3-13H,14H2,1-2H3,(H,24,26)/b11-10+. The van der Waals surface area contributed by atoms with E-state index < -0.39 is 0 Å². The van der Waals surface area contributed by atoms with E-state index in [-0.39, 0.29) is 5.91 Å². The lowest BCUT2D eigenvalue weighted by molar-refractivity contribution is -0.111. The van der Waals surface area contributed by atoms with Crippen LogP contribution in [0.1, 0.15) is 11.1 Å². The molecule has 6 nitrogen and oxygen atoms in total. The van der Waals surface area contributed by atoms with Gasteiger partial charge < -0.3 is 14.8 Å². The number of rotatable bonds is 7. The van der Waals surface area contributed by atoms with Gasteiger partial charge in [0.25, 0.3) is 0 Å². The Morgan fingerprint density at radius 1 is 1.14 bits per heavy atom. The second-order valence-electron chi connectivity index (χ2n) is 5.87. The van der Waals surface area contributed by atoms with Crippen molar-refractivity contribution in [1.82, 2.24) is 9.78 Å². The second-order valence-corrected chi connectivity index (χ2v) is 6.28. The number of nitrogens with one attached hydrogen (secondary N) is 1. The van der Waals surface area contributed by atoms with Crippen LogP contribution in [-0.2, 0) is 11.3 Å². The molecule has 2 aromatic carbocycles. The number of ether oxygens (including phenoxy) is 2. The Kier molecular flexibility index (Phi) is 6.34. The maximum Gasteiger partial charge on any atom is 0.249 e. The van der Waals surface area contributed by atoms with Crippen LogP contribution in [0.5, 0.6) is 11.5 Å². The number of hydrogen-bond acceptors (Lipinski definition) is 4. The largest absolute Gasteiger partial charge is 0.493 e. The minimum absolute atomic E-state index is 0.286. The van der Waals surface area contributed by atoms with Gasteiger partial charge in [-0.05, 0) is 23.8 Å². The Morgan fingerprint density at radius 3 is 2.71 bits per heavy atom. The summed E-state index contributed by atoms with van der Waals surface area (Å²) in [5, 5.41) is 7.74. The number of halogens is 1. The van der Waals surface area contributed by atoms with Gasteiger partial charge >= 0.3 is 0 Å². The molecule has 0 radical (unpaired) electrons. The average molecular weight is 398 g/mol. The molecule has 1 N–H and O–H groups in total. The van der Waals surface area contributed by atoms with Crippen LogP contribution in [-0.4, -0.2) is 29.9 Å². The normalized spacial score (nSPS) is 10.8. The third-order valence-corrected chi connectivity index (χ3v) is 4.46. The van der Waals surface area contributed by atoms with Crippen LogP contribution in [0.3, 0.4) is 0 Å². The Hall–Kier alpha value is -3.25. The van der Waals surface area contributed by atoms with Gasteiger partial charge in [-0.1, -0.05) is 41.9 Å². The van der Waals surface area contributed by atoms with Crippen LogP contribution < -0.4 is 14.8 Å². The highest BCUT2D eigenvalue weighted by Crippen LogP contribution is 2.31. The first-order chi connectivity index (χ1) is 13.6. The molecule has 3 rings (SSSR count). The second kappa shape index (κ2) is 9.10. The maximum atomic E-state index is 12.4. The number of benzene rings is 2. The fourth-order valence-electron chi connectivity index (χ4n) is 2.73. The van der Waals surface area contributed by atoms with Crippen LogP contribution in [0.15, 0.2) is 60.8 Å². The molecule has 1 heterocycles. The molecule has 0 bridgehead atoms. The van der Waals surface area contributed by atoms with Crippen LogP contribution in [0.2, 0.25) is 5.02 Å². The zero-order chi connectivity index (χ0) is 19.9. The first kappa shape index (κ1) is 19.5. The summed E-state index contributed by atoms with van der Waals surface area (Å²) < 4.78 is 12.3. The van der Waals surface area contributed by atoms with Crippen LogP contribution >= 0.6 is 11.6 Å². The lowest BCUT2D eigenvalue weighted by Crippen LogP contribution is -2.14. The van der Waals surface area contributed by atoms with Crippen LogP contribution in [0.4, 0.5) is 5.82 Å². The summed E-state index contributed by atoms with van der Waals surface area (Å²) in [6, 6.07) is 14.7. The Balaban J connectivity index is 1.72. The van der Waals surface area contributed by atoms with Crippen molar-refractivity contribution in [3.63, 3.8) is 0 Å². The van der Waals surface area contributed by atoms with Gasteiger partial charge in [-0.25, -0.2) is 4.68 Å². The van der Waals surface area contributed by atoms with Crippen molar-refractivity contribution in [3.05, 3.63) is 77.0 Å². The van der Waals surface area contributed by atoms with Gasteiger partial charge in [0, 0.05) is 22.7 Å². The first-order valence-corrected chi connectivity index (χ1v) is 8.95. The predicted molar refractivity (Wildman–Crippen MR) is 110 cm³/mol. The van der Waals surface area contributed by atoms with Gasteiger partial charge in [0.1, 0.15) is 5.82 Å². The van der Waals surface area contributed by atoms with Crippen molar-refractivity contribution in [2.24, 2.45) is 0 Å². The molecule has 144 valence electrons. The fraction of sp³-hybridized carbons (Fsp3) is 0.143. The number of para-hydroxylation sites is 1. The molecule has 0 atom stereocenters. The summed E-state index contributed by atoms with van der Waals surface area (Å²) >= 11 is 6.21. The smallest absolute Gasteiger partial charge is 0.249 e. The predicted octanol–water partition coefficient (Wildman–Crippen LogP) is 4.25. The minimum atomic E-state index is -0.286. The molecule has 28 heavy (non-hydrogen) atoms. The van der Waals surface area contributed by atoms with E-state index in [0.29, 0.717) is 28.9 Å². The van der Waals surface area contributed by atoms with Crippen molar-refractivity contribution in [1.29, 1.82) is 0 Å². The quantitative estimate of drug-likeness (QED) is 0.605. The topological polar surface area (TPSA) is 65.4 Å². The van der Waals surface area contributed by atoms with E-state index in [1.807, 2.05) is 36.4 Å². The van der Waals surface area contributed by atoms with Crippen LogP contribution in [0, 0.1) is 0 Å². The third-order valence-electron chi connectivity index (χ3n) is 4.09. The molecule has 3 aromatic rings. The fourth-order valence-corrected chi connectivity index (χ4v) is 2.92. The summed E-state index contributed by atoms with van der Waals surface area (Å²) in [7, 11) is 3.13. The van der Waals surface area contributed by atoms with E-state index in [1.165, 1.54) is 6.08 Å². The maximum absolute atomic E-state index is 12.4. The number of hydrogen-bond donors (Lipinski definition) is 1. The number of aromatic nitrogens is 2. The number of nitrogens with zero attached hydrogens (tertiary/aromatic N) is 2. The van der Waals surface area contributed by atoms with Crippen molar-refractivity contribution in [2.45, 2.75) is 6.54 Å². The zero-order valence-corrected chi connectivity index (χ0v) is 16.3. The third kappa shape index (κ3) is 4.53. The highest BCUT2D eigenvalue weighted by Gasteiger charge is 2.09. The first-order valence-electron chi connectivity index (χ1n) is 8.57. The van der Waals surface area contributed by atoms with Crippen molar-refractivity contribution >= 4 is 29.4 Å². The molecule has 0 saturated carbocycles. The number of methoxy groups -OCH3 is 2. The molecule has 0 fully saturated rings. The number of carbonyl (C=O) groups is 1. The molecule has 0 saturated heterocycles. The van der Waals surface area contributed by atoms with E-state index in [9.17, 15) is 4.79 Å². The number of anilines is 1. The van der Waals surface area contributed by atoms with Gasteiger partial charge in [0.05, 0.1) is 27.0 Å². The number of amides is 1. The van der Waals surface area contributed by atoms with E-state index >= 15 is 0 Å². The van der Waals surface area contributed by atoms with Gasteiger partial charge in [0.2, 0.25) is 5.91 Å². The highest BCUT2D eigenvalue weighted by molar-refractivity contribution is 6.31. The molecule has 1 amide bonds. The van der Waals surface area contributed by atoms with E-state index in [4.69, 9.17) is 21.1 Å². The van der Waals surface area contributed by atoms with Gasteiger partial charge in [0.15, 0.2) is 11.5 Å². The zero-order valence-electron chi connectivity index (χ0n) is 15.6. The Morgan fingerprint density at radius 2 is 1.96 bits per heavy atom. The van der Waals surface area contributed by atoms with Gasteiger partial charge in [-0.15, -0.1) is 0 Å². The molecule has 7 heteroatoms. The Labute approximate surface area is 168 Å². The summed E-state index contributed by atoms with van der Waals surface area (Å²) in [4.78, 5) is 12.4. The highest BCUT2D eigenvalue weighted by atomic mass is 35.5. The summed E-state index contributed by atoms with van der Waals surface area (Å²) in [5.41, 5.74) is 1.65. The lowest BCUT2D eigenvalue weighted by atomic mass is 10.1. The molecular formula is C21H20ClN3O3. The van der Waals surface area contributed by atoms with Crippen LogP contribution in [0.25, 0.3) is 6.08 Å². The van der Waals surface area contributed by atoms with E-state index in [0.717, 1.165) is 11.1 Å². The molecule has 0 spiro atoms. The lowest BCUT2D eigenvalue weighted by Gasteiger charge is -2.10. The summed E-state index contributed by atoms with van der Waals surface area (Å²) in [5.74, 6) is 1.46. The average Bonchev–Trinajstić information content (AvgIpc) is 3.14. The minimum Gasteiger partial charge on any atom is -0.493 e. The van der Waals surface area contributed by atoms with Gasteiger partial charge in [-0.2, -0.15) is 5.10 Å². The monoisotopic (exact) mass is 397 g/mol. The molecule has 0 aliphatic heterocycles. The Bertz CT molecular complexity index is 998. The molecule has 0 aliphatic carbocycles. The molecule has 1 aromatic heterocycles. The SMILES string of the molecule is COc1cccc(/C=C/C(=O)Nc2ccnn2Cc2ccccc2Cl)c1OC. The van der Waals surface area contributed by atoms with Crippen molar-refractivity contribution in [2.75, 3.05) is 19.5 Å². The van der Waals surface area contributed by atoms with Gasteiger partial charge in [-0.3, -0.25) is 4.79 Å². The molecule has 0 unspecified atom stereocenters. The molecule has 0 aliphatic rings. The molecular weight excluding hydrogens is 378 g/mol. The van der Waals surface area contributed by atoms with Crippen molar-refractivity contribution in [3.8, 4) is 11.5 Å². The number of carbonyl (C=O) groups excluding carboxylic acids is 1.